The van der Waals surface area contributed by atoms with Crippen LogP contribution < -0.4 is 5.56 Å². The summed E-state index contributed by atoms with van der Waals surface area (Å²) in [6.07, 6.45) is 0. The van der Waals surface area contributed by atoms with E-state index in [2.05, 4.69) is 20.2 Å². The normalized spacial score (nSPS) is 11.5. The summed E-state index contributed by atoms with van der Waals surface area (Å²) < 4.78 is 32.1. The number of para-hydroxylation sites is 1. The minimum atomic E-state index is -4.30. The van der Waals surface area contributed by atoms with Crippen molar-refractivity contribution in [1.29, 1.82) is 0 Å². The van der Waals surface area contributed by atoms with Gasteiger partial charge in [0.2, 0.25) is 0 Å². The third kappa shape index (κ3) is 3.44. The molecule has 0 saturated heterocycles. The molecule has 0 radical (unpaired) electrons. The highest BCUT2D eigenvalue weighted by atomic mass is 32.2. The number of nitrogens with zero attached hydrogens (tertiary/aromatic N) is 4. The molecule has 0 atom stereocenters. The first-order valence-corrected chi connectivity index (χ1v) is 8.61. The van der Waals surface area contributed by atoms with Crippen LogP contribution in [0, 0.1) is 6.57 Å². The van der Waals surface area contributed by atoms with Gasteiger partial charge in [0.25, 0.3) is 15.9 Å². The second kappa shape index (κ2) is 6.75. The van der Waals surface area contributed by atoms with Gasteiger partial charge in [-0.25, -0.2) is 5.10 Å². The molecule has 0 bridgehead atoms. The fourth-order valence-corrected chi connectivity index (χ4v) is 2.62. The predicted molar refractivity (Wildman–Crippen MR) is 93.1 cm³/mol. The summed E-state index contributed by atoms with van der Waals surface area (Å²) in [5.74, 6) is -0.0721. The van der Waals surface area contributed by atoms with Crippen molar-refractivity contribution in [3.8, 4) is 5.69 Å². The molecule has 0 amide bonds. The van der Waals surface area contributed by atoms with Crippen LogP contribution >= 0.6 is 0 Å². The molecule has 10 heteroatoms. The molecule has 2 aromatic carbocycles. The maximum Gasteiger partial charge on any atom is 0.303 e. The second-order valence-corrected chi connectivity index (χ2v) is 6.49. The van der Waals surface area contributed by atoms with E-state index in [0.29, 0.717) is 5.69 Å². The number of benzene rings is 2. The van der Waals surface area contributed by atoms with E-state index in [0.717, 1.165) is 12.1 Å². The zero-order valence-electron chi connectivity index (χ0n) is 13.1. The zero-order chi connectivity index (χ0) is 18.7. The van der Waals surface area contributed by atoms with E-state index in [1.54, 1.807) is 30.3 Å². The molecule has 0 unspecified atom stereocenters. The summed E-state index contributed by atoms with van der Waals surface area (Å²) in [5, 5.41) is 10.3. The largest absolute Gasteiger partial charge is 0.360 e. The molecule has 3 rings (SSSR count). The molecule has 3 aromatic rings. The SMILES string of the molecule is [C-]#[N+]c1[nH]n(-c2ccccc2)c(=O)c1N=Nc1ccc(S(=O)(=O)O)cc1. The van der Waals surface area contributed by atoms with Crippen molar-refractivity contribution in [2.75, 3.05) is 0 Å². The number of azo groups is 1. The highest BCUT2D eigenvalue weighted by molar-refractivity contribution is 7.85. The standard InChI is InChI=1S/C16H11N5O4S/c1-17-15-14(16(22)21(20-15)12-5-3-2-4-6-12)19-18-11-7-9-13(10-8-11)26(23,24)25/h2-10,20H,(H,23,24,25). The number of aromatic amines is 1. The summed E-state index contributed by atoms with van der Waals surface area (Å²) in [6.45, 7) is 7.18. The molecular formula is C16H11N5O4S. The Labute approximate surface area is 147 Å². The first-order chi connectivity index (χ1) is 12.4. The van der Waals surface area contributed by atoms with Crippen molar-refractivity contribution in [3.05, 3.63) is 76.4 Å². The minimum absolute atomic E-state index is 0.0721. The fraction of sp³-hybridized carbons (Fsp3) is 0. The Kier molecular flexibility index (Phi) is 4.49. The molecule has 130 valence electrons. The van der Waals surface area contributed by atoms with E-state index in [9.17, 15) is 13.2 Å². The predicted octanol–water partition coefficient (Wildman–Crippen LogP) is 3.38. The van der Waals surface area contributed by atoms with E-state index < -0.39 is 15.7 Å². The Morgan fingerprint density at radius 2 is 1.69 bits per heavy atom. The summed E-state index contributed by atoms with van der Waals surface area (Å²) in [4.78, 5) is 15.4. The summed E-state index contributed by atoms with van der Waals surface area (Å²) in [5.41, 5.74) is 0.0877. The topological polar surface area (TPSA) is 121 Å². The molecular weight excluding hydrogens is 358 g/mol. The monoisotopic (exact) mass is 369 g/mol. The average Bonchev–Trinajstić information content (AvgIpc) is 2.96. The van der Waals surface area contributed by atoms with Crippen molar-refractivity contribution >= 4 is 27.3 Å². The number of hydrogen-bond donors (Lipinski definition) is 2. The van der Waals surface area contributed by atoms with Gasteiger partial charge in [0.1, 0.15) is 0 Å². The van der Waals surface area contributed by atoms with Gasteiger partial charge in [-0.1, -0.05) is 24.8 Å². The Morgan fingerprint density at radius 3 is 2.27 bits per heavy atom. The van der Waals surface area contributed by atoms with E-state index in [1.807, 2.05) is 0 Å². The fourth-order valence-electron chi connectivity index (χ4n) is 2.14. The average molecular weight is 369 g/mol. The number of aromatic nitrogens is 2. The van der Waals surface area contributed by atoms with Crippen LogP contribution in [0.5, 0.6) is 0 Å². The highest BCUT2D eigenvalue weighted by Crippen LogP contribution is 2.25. The smallest absolute Gasteiger partial charge is 0.303 e. The molecule has 9 nitrogen and oxygen atoms in total. The lowest BCUT2D eigenvalue weighted by atomic mass is 10.3. The van der Waals surface area contributed by atoms with Crippen LogP contribution in [0.1, 0.15) is 0 Å². The molecule has 0 aliphatic heterocycles. The highest BCUT2D eigenvalue weighted by Gasteiger charge is 2.16. The van der Waals surface area contributed by atoms with Gasteiger partial charge in [-0.2, -0.15) is 23.3 Å². The molecule has 1 heterocycles. The Bertz CT molecular complexity index is 1170. The number of rotatable bonds is 4. The van der Waals surface area contributed by atoms with Gasteiger partial charge in [0, 0.05) is 0 Å². The minimum Gasteiger partial charge on any atom is -0.360 e. The van der Waals surface area contributed by atoms with Gasteiger partial charge in [-0.3, -0.25) is 9.35 Å². The Balaban J connectivity index is 1.98. The summed E-state index contributed by atoms with van der Waals surface area (Å²) >= 11 is 0. The van der Waals surface area contributed by atoms with Gasteiger partial charge in [-0.05, 0) is 36.4 Å². The van der Waals surface area contributed by atoms with Gasteiger partial charge >= 0.3 is 5.56 Å². The van der Waals surface area contributed by atoms with Crippen LogP contribution in [0.15, 0.2) is 74.5 Å². The van der Waals surface area contributed by atoms with Crippen LogP contribution in [-0.4, -0.2) is 22.8 Å². The molecule has 0 aliphatic rings. The van der Waals surface area contributed by atoms with E-state index >= 15 is 0 Å². The lowest BCUT2D eigenvalue weighted by molar-refractivity contribution is 0.483. The molecule has 0 aliphatic carbocycles. The van der Waals surface area contributed by atoms with Crippen molar-refractivity contribution < 1.29 is 13.0 Å². The number of nitrogens with one attached hydrogen (secondary N) is 1. The number of H-pyrrole nitrogens is 1. The number of hydrogen-bond acceptors (Lipinski definition) is 5. The molecule has 2 N–H and O–H groups in total. The van der Waals surface area contributed by atoms with Crippen molar-refractivity contribution in [3.63, 3.8) is 0 Å². The van der Waals surface area contributed by atoms with Gasteiger partial charge in [-0.15, -0.1) is 0 Å². The lowest BCUT2D eigenvalue weighted by Gasteiger charge is -1.96. The first kappa shape index (κ1) is 17.3. The molecule has 26 heavy (non-hydrogen) atoms. The second-order valence-electron chi connectivity index (χ2n) is 5.07. The molecule has 1 aromatic heterocycles. The molecule has 0 saturated carbocycles. The van der Waals surface area contributed by atoms with E-state index in [1.165, 1.54) is 16.8 Å². The third-order valence-electron chi connectivity index (χ3n) is 3.37. The maximum absolute atomic E-state index is 12.5. The molecule has 0 spiro atoms. The molecule has 0 fully saturated rings. The van der Waals surface area contributed by atoms with Crippen LogP contribution in [0.2, 0.25) is 0 Å². The van der Waals surface area contributed by atoms with Crippen molar-refractivity contribution in [2.45, 2.75) is 4.90 Å². The van der Waals surface area contributed by atoms with Crippen LogP contribution in [0.4, 0.5) is 17.2 Å². The van der Waals surface area contributed by atoms with E-state index in [4.69, 9.17) is 11.1 Å². The van der Waals surface area contributed by atoms with Crippen LogP contribution in [0.3, 0.4) is 0 Å². The van der Waals surface area contributed by atoms with Gasteiger partial charge in [0.05, 0.1) is 16.3 Å². The van der Waals surface area contributed by atoms with Crippen LogP contribution in [0.25, 0.3) is 10.5 Å². The van der Waals surface area contributed by atoms with Gasteiger partial charge in [0.15, 0.2) is 5.69 Å². The van der Waals surface area contributed by atoms with Crippen molar-refractivity contribution in [2.24, 2.45) is 10.2 Å². The Hall–Kier alpha value is -3.55. The van der Waals surface area contributed by atoms with Crippen LogP contribution in [-0.2, 0) is 10.1 Å². The lowest BCUT2D eigenvalue weighted by Crippen LogP contribution is -2.13. The summed E-state index contributed by atoms with van der Waals surface area (Å²) in [6, 6.07) is 13.6. The zero-order valence-corrected chi connectivity index (χ0v) is 13.9. The summed E-state index contributed by atoms with van der Waals surface area (Å²) in [7, 11) is -4.30. The third-order valence-corrected chi connectivity index (χ3v) is 4.24. The quantitative estimate of drug-likeness (QED) is 0.416. The first-order valence-electron chi connectivity index (χ1n) is 7.17. The van der Waals surface area contributed by atoms with E-state index in [-0.39, 0.29) is 22.1 Å². The van der Waals surface area contributed by atoms with Gasteiger partial charge < -0.3 is 4.85 Å². The van der Waals surface area contributed by atoms with Crippen molar-refractivity contribution in [1.82, 2.24) is 9.78 Å². The Morgan fingerprint density at radius 1 is 1.04 bits per heavy atom. The maximum atomic E-state index is 12.5.